The number of non-ortho nitro benzene ring substituents is 1. The molecule has 0 aromatic heterocycles. The first kappa shape index (κ1) is 17.3. The number of aliphatic imine (C=N–C) groups is 1. The van der Waals surface area contributed by atoms with Crippen LogP contribution in [0.5, 0.6) is 5.75 Å². The first-order valence-electron chi connectivity index (χ1n) is 6.91. The summed E-state index contributed by atoms with van der Waals surface area (Å²) in [6.45, 7) is -3.03. The minimum Gasteiger partial charge on any atom is -0.434 e. The van der Waals surface area contributed by atoms with Gasteiger partial charge in [-0.15, -0.1) is 0 Å². The van der Waals surface area contributed by atoms with Crippen molar-refractivity contribution in [3.05, 3.63) is 58.1 Å². The number of benzene rings is 2. The number of ether oxygens (including phenoxy) is 1. The van der Waals surface area contributed by atoms with E-state index in [-0.39, 0.29) is 17.0 Å². The van der Waals surface area contributed by atoms with Gasteiger partial charge in [-0.1, -0.05) is 0 Å². The summed E-state index contributed by atoms with van der Waals surface area (Å²) < 4.78 is 29.2. The number of hydrogen-bond donors (Lipinski definition) is 0. The monoisotopic (exact) mass is 335 g/mol. The molecule has 0 bridgehead atoms. The third kappa shape index (κ3) is 4.48. The SMILES string of the molecule is CN(C)c1ccc(N=Cc2cc([N+](=O)[O-])ccc2OC(F)F)cc1. The Morgan fingerprint density at radius 2 is 1.88 bits per heavy atom. The van der Waals surface area contributed by atoms with Gasteiger partial charge in [-0.05, 0) is 30.3 Å². The van der Waals surface area contributed by atoms with E-state index < -0.39 is 11.5 Å². The zero-order chi connectivity index (χ0) is 17.7. The zero-order valence-corrected chi connectivity index (χ0v) is 13.0. The van der Waals surface area contributed by atoms with Gasteiger partial charge in [-0.25, -0.2) is 0 Å². The van der Waals surface area contributed by atoms with Crippen LogP contribution in [0.1, 0.15) is 5.56 Å². The number of nitrogens with zero attached hydrogens (tertiary/aromatic N) is 3. The Kier molecular flexibility index (Phi) is 5.41. The van der Waals surface area contributed by atoms with Crippen LogP contribution in [0.2, 0.25) is 0 Å². The minimum atomic E-state index is -3.03. The van der Waals surface area contributed by atoms with E-state index in [0.29, 0.717) is 5.69 Å². The second-order valence-electron chi connectivity index (χ2n) is 5.03. The highest BCUT2D eigenvalue weighted by atomic mass is 19.3. The largest absolute Gasteiger partial charge is 0.434 e. The third-order valence-corrected chi connectivity index (χ3v) is 3.14. The van der Waals surface area contributed by atoms with Gasteiger partial charge in [0, 0.05) is 43.7 Å². The first-order valence-corrected chi connectivity index (χ1v) is 6.91. The number of halogens is 2. The lowest BCUT2D eigenvalue weighted by Crippen LogP contribution is -2.07. The Balaban J connectivity index is 2.31. The molecule has 0 saturated carbocycles. The molecule has 24 heavy (non-hydrogen) atoms. The predicted molar refractivity (Wildman–Crippen MR) is 87.8 cm³/mol. The fraction of sp³-hybridized carbons (Fsp3) is 0.188. The maximum Gasteiger partial charge on any atom is 0.387 e. The van der Waals surface area contributed by atoms with Gasteiger partial charge in [-0.2, -0.15) is 8.78 Å². The molecule has 2 rings (SSSR count). The van der Waals surface area contributed by atoms with E-state index in [1.54, 1.807) is 12.1 Å². The molecule has 0 atom stereocenters. The van der Waals surface area contributed by atoms with Crippen LogP contribution in [0, 0.1) is 10.1 Å². The van der Waals surface area contributed by atoms with Crippen LogP contribution in [-0.4, -0.2) is 31.8 Å². The molecule has 0 fully saturated rings. The van der Waals surface area contributed by atoms with Crippen LogP contribution in [0.4, 0.5) is 25.8 Å². The van der Waals surface area contributed by atoms with Gasteiger partial charge in [0.25, 0.3) is 5.69 Å². The molecule has 8 heteroatoms. The van der Waals surface area contributed by atoms with Crippen molar-refractivity contribution in [2.75, 3.05) is 19.0 Å². The fourth-order valence-corrected chi connectivity index (χ4v) is 1.93. The molecular weight excluding hydrogens is 320 g/mol. The summed E-state index contributed by atoms with van der Waals surface area (Å²) in [5.74, 6) is -0.177. The topological polar surface area (TPSA) is 68.0 Å². The van der Waals surface area contributed by atoms with Gasteiger partial charge in [0.05, 0.1) is 10.6 Å². The standard InChI is InChI=1S/C16H15F2N3O3/c1-20(2)13-5-3-12(4-6-13)19-10-11-9-14(21(22)23)7-8-15(11)24-16(17)18/h3-10,16H,1-2H3. The highest BCUT2D eigenvalue weighted by Crippen LogP contribution is 2.25. The average Bonchev–Trinajstić information content (AvgIpc) is 2.53. The van der Waals surface area contributed by atoms with E-state index in [1.165, 1.54) is 6.21 Å². The molecule has 2 aromatic carbocycles. The lowest BCUT2D eigenvalue weighted by Gasteiger charge is -2.11. The molecule has 2 aromatic rings. The number of anilines is 1. The molecule has 6 nitrogen and oxygen atoms in total. The van der Waals surface area contributed by atoms with Crippen LogP contribution in [-0.2, 0) is 0 Å². The molecule has 0 amide bonds. The Morgan fingerprint density at radius 1 is 1.21 bits per heavy atom. The molecule has 126 valence electrons. The maximum atomic E-state index is 12.4. The summed E-state index contributed by atoms with van der Waals surface area (Å²) in [7, 11) is 3.80. The van der Waals surface area contributed by atoms with Gasteiger partial charge in [0.15, 0.2) is 0 Å². The van der Waals surface area contributed by atoms with Crippen molar-refractivity contribution in [3.8, 4) is 5.75 Å². The van der Waals surface area contributed by atoms with E-state index in [1.807, 2.05) is 31.1 Å². The van der Waals surface area contributed by atoms with Gasteiger partial charge in [0.2, 0.25) is 0 Å². The molecule has 0 radical (unpaired) electrons. The summed E-state index contributed by atoms with van der Waals surface area (Å²) in [6, 6.07) is 10.5. The predicted octanol–water partition coefficient (Wildman–Crippen LogP) is 4.01. The molecule has 0 unspecified atom stereocenters. The van der Waals surface area contributed by atoms with Crippen LogP contribution >= 0.6 is 0 Å². The van der Waals surface area contributed by atoms with Crippen molar-refractivity contribution < 1.29 is 18.4 Å². The van der Waals surface area contributed by atoms with Crippen molar-refractivity contribution in [3.63, 3.8) is 0 Å². The second-order valence-corrected chi connectivity index (χ2v) is 5.03. The summed E-state index contributed by atoms with van der Waals surface area (Å²) in [5.41, 5.74) is 1.42. The second kappa shape index (κ2) is 7.49. The molecule has 0 aliphatic rings. The highest BCUT2D eigenvalue weighted by Gasteiger charge is 2.13. The van der Waals surface area contributed by atoms with E-state index in [4.69, 9.17) is 0 Å². The fourth-order valence-electron chi connectivity index (χ4n) is 1.93. The number of alkyl halides is 2. The normalized spacial score (nSPS) is 11.0. The van der Waals surface area contributed by atoms with Crippen LogP contribution in [0.15, 0.2) is 47.5 Å². The van der Waals surface area contributed by atoms with Gasteiger partial charge >= 0.3 is 6.61 Å². The molecule has 0 heterocycles. The summed E-state index contributed by atoms with van der Waals surface area (Å²) in [4.78, 5) is 16.3. The number of rotatable bonds is 6. The minimum absolute atomic E-state index is 0.0983. The van der Waals surface area contributed by atoms with Crippen LogP contribution in [0.25, 0.3) is 0 Å². The smallest absolute Gasteiger partial charge is 0.387 e. The third-order valence-electron chi connectivity index (χ3n) is 3.14. The van der Waals surface area contributed by atoms with E-state index in [2.05, 4.69) is 9.73 Å². The first-order chi connectivity index (χ1) is 11.4. The van der Waals surface area contributed by atoms with E-state index in [0.717, 1.165) is 23.9 Å². The van der Waals surface area contributed by atoms with E-state index in [9.17, 15) is 18.9 Å². The van der Waals surface area contributed by atoms with Crippen molar-refractivity contribution in [1.82, 2.24) is 0 Å². The van der Waals surface area contributed by atoms with Gasteiger partial charge < -0.3 is 9.64 Å². The molecule has 0 aliphatic carbocycles. The molecule has 0 saturated heterocycles. The summed E-state index contributed by atoms with van der Waals surface area (Å²) in [5, 5.41) is 10.8. The number of hydrogen-bond acceptors (Lipinski definition) is 5. The Morgan fingerprint density at radius 3 is 2.42 bits per heavy atom. The Bertz CT molecular complexity index is 747. The average molecular weight is 335 g/mol. The summed E-state index contributed by atoms with van der Waals surface area (Å²) >= 11 is 0. The quantitative estimate of drug-likeness (QED) is 0.454. The Labute approximate surface area is 137 Å². The van der Waals surface area contributed by atoms with Crippen molar-refractivity contribution >= 4 is 23.3 Å². The molecule has 0 N–H and O–H groups in total. The number of nitro groups is 1. The molecule has 0 spiro atoms. The lowest BCUT2D eigenvalue weighted by molar-refractivity contribution is -0.384. The Hall–Kier alpha value is -3.03. The van der Waals surface area contributed by atoms with Gasteiger partial charge in [-0.3, -0.25) is 15.1 Å². The maximum absolute atomic E-state index is 12.4. The van der Waals surface area contributed by atoms with Crippen LogP contribution < -0.4 is 9.64 Å². The lowest BCUT2D eigenvalue weighted by atomic mass is 10.2. The van der Waals surface area contributed by atoms with Crippen LogP contribution in [0.3, 0.4) is 0 Å². The zero-order valence-electron chi connectivity index (χ0n) is 13.0. The van der Waals surface area contributed by atoms with Crippen molar-refractivity contribution in [1.29, 1.82) is 0 Å². The number of nitro benzene ring substituents is 1. The molecule has 0 aliphatic heterocycles. The van der Waals surface area contributed by atoms with E-state index >= 15 is 0 Å². The highest BCUT2D eigenvalue weighted by molar-refractivity contribution is 5.86. The molecular formula is C16H15F2N3O3. The summed E-state index contributed by atoms with van der Waals surface area (Å²) in [6.07, 6.45) is 1.26. The van der Waals surface area contributed by atoms with Crippen molar-refractivity contribution in [2.45, 2.75) is 6.61 Å². The van der Waals surface area contributed by atoms with Crippen molar-refractivity contribution in [2.24, 2.45) is 4.99 Å². The van der Waals surface area contributed by atoms with Gasteiger partial charge in [0.1, 0.15) is 5.75 Å².